The Bertz CT molecular complexity index is 998. The topological polar surface area (TPSA) is 92.7 Å². The number of nitrogens with one attached hydrogen (secondary N) is 1. The summed E-state index contributed by atoms with van der Waals surface area (Å²) in [6.07, 6.45) is 7.68. The van der Waals surface area contributed by atoms with Crippen molar-refractivity contribution in [3.8, 4) is 0 Å². The van der Waals surface area contributed by atoms with Gasteiger partial charge in [-0.05, 0) is 74.0 Å². The van der Waals surface area contributed by atoms with Gasteiger partial charge in [0.1, 0.15) is 11.3 Å². The first-order valence-corrected chi connectivity index (χ1v) is 12.5. The van der Waals surface area contributed by atoms with Gasteiger partial charge in [-0.3, -0.25) is 14.0 Å². The number of fused-ring (bicyclic) bond motifs is 1. The van der Waals surface area contributed by atoms with Gasteiger partial charge in [-0.1, -0.05) is 26.8 Å². The van der Waals surface area contributed by atoms with E-state index in [1.54, 1.807) is 0 Å². The van der Waals surface area contributed by atoms with E-state index in [0.717, 1.165) is 44.7 Å². The second-order valence-electron chi connectivity index (χ2n) is 10.9. The second-order valence-corrected chi connectivity index (χ2v) is 10.9. The minimum atomic E-state index is -0.0888. The lowest BCUT2D eigenvalue weighted by Gasteiger charge is -2.40. The largest absolute Gasteiger partial charge is 0.350 e. The van der Waals surface area contributed by atoms with E-state index in [1.807, 2.05) is 33.7 Å². The summed E-state index contributed by atoms with van der Waals surface area (Å²) in [7, 11) is 0. The normalized spacial score (nSPS) is 25.2. The number of aromatic nitrogens is 2. The van der Waals surface area contributed by atoms with Crippen LogP contribution in [0, 0.1) is 23.2 Å². The fourth-order valence-corrected chi connectivity index (χ4v) is 5.51. The van der Waals surface area contributed by atoms with Crippen LogP contribution < -0.4 is 11.1 Å². The van der Waals surface area contributed by atoms with Crippen LogP contribution in [0.2, 0.25) is 0 Å². The zero-order chi connectivity index (χ0) is 23.6. The first-order chi connectivity index (χ1) is 15.8. The lowest BCUT2D eigenvalue weighted by Crippen LogP contribution is -2.42. The Balaban J connectivity index is 1.41. The van der Waals surface area contributed by atoms with Crippen LogP contribution in [0.3, 0.4) is 0 Å². The van der Waals surface area contributed by atoms with Crippen molar-refractivity contribution in [2.24, 2.45) is 28.9 Å². The number of rotatable bonds is 6. The summed E-state index contributed by atoms with van der Waals surface area (Å²) in [5, 5.41) is 3.15. The Morgan fingerprint density at radius 2 is 2.03 bits per heavy atom. The van der Waals surface area contributed by atoms with Crippen molar-refractivity contribution in [2.75, 3.05) is 26.2 Å². The van der Waals surface area contributed by atoms with E-state index in [1.165, 1.54) is 6.42 Å². The van der Waals surface area contributed by atoms with Crippen LogP contribution in [0.1, 0.15) is 69.1 Å². The number of nitrogens with zero attached hydrogens (tertiary/aromatic N) is 3. The second kappa shape index (κ2) is 9.84. The Morgan fingerprint density at radius 1 is 1.21 bits per heavy atom. The van der Waals surface area contributed by atoms with Gasteiger partial charge in [-0.2, -0.15) is 0 Å². The number of carbonyl (C=O) groups is 2. The molecular formula is C26H39N5O2. The van der Waals surface area contributed by atoms with E-state index in [2.05, 4.69) is 31.1 Å². The number of hydrogen-bond acceptors (Lipinski definition) is 4. The molecule has 1 aliphatic heterocycles. The molecule has 2 unspecified atom stereocenters. The molecule has 1 aliphatic carbocycles. The fraction of sp³-hybridized carbons (Fsp3) is 0.654. The summed E-state index contributed by atoms with van der Waals surface area (Å²) in [6.45, 7) is 9.83. The van der Waals surface area contributed by atoms with Crippen molar-refractivity contribution in [3.05, 3.63) is 35.8 Å². The van der Waals surface area contributed by atoms with E-state index in [9.17, 15) is 9.59 Å². The summed E-state index contributed by atoms with van der Waals surface area (Å²) >= 11 is 0. The van der Waals surface area contributed by atoms with Crippen LogP contribution in [0.15, 0.2) is 24.4 Å². The number of imidazole rings is 1. The van der Waals surface area contributed by atoms with Gasteiger partial charge in [0.05, 0.1) is 12.1 Å². The molecular weight excluding hydrogens is 414 g/mol. The van der Waals surface area contributed by atoms with Gasteiger partial charge in [0.15, 0.2) is 0 Å². The fourth-order valence-electron chi connectivity index (χ4n) is 5.51. The van der Waals surface area contributed by atoms with Crippen molar-refractivity contribution >= 4 is 17.5 Å². The maximum Gasteiger partial charge on any atom is 0.268 e. The van der Waals surface area contributed by atoms with Crippen LogP contribution in [0.4, 0.5) is 0 Å². The predicted molar refractivity (Wildman–Crippen MR) is 130 cm³/mol. The SMILES string of the molecule is CC1CC[C@@H](CNC(=O)c2cccc3nc(CC(=O)N4CCCC(CN)C4)cn23)CC1(C)C. The predicted octanol–water partition coefficient (Wildman–Crippen LogP) is 3.27. The molecule has 0 radical (unpaired) electrons. The molecule has 7 heteroatoms. The lowest BCUT2D eigenvalue weighted by atomic mass is 9.66. The summed E-state index contributed by atoms with van der Waals surface area (Å²) in [6, 6.07) is 5.55. The smallest absolute Gasteiger partial charge is 0.268 e. The molecule has 2 fully saturated rings. The quantitative estimate of drug-likeness (QED) is 0.702. The van der Waals surface area contributed by atoms with Crippen LogP contribution in [-0.4, -0.2) is 52.3 Å². The van der Waals surface area contributed by atoms with E-state index < -0.39 is 0 Å². The van der Waals surface area contributed by atoms with Crippen molar-refractivity contribution in [1.82, 2.24) is 19.6 Å². The van der Waals surface area contributed by atoms with Crippen molar-refractivity contribution in [3.63, 3.8) is 0 Å². The van der Waals surface area contributed by atoms with Crippen molar-refractivity contribution < 1.29 is 9.59 Å². The number of nitrogens with two attached hydrogens (primary N) is 1. The monoisotopic (exact) mass is 453 g/mol. The Labute approximate surface area is 197 Å². The Morgan fingerprint density at radius 3 is 2.79 bits per heavy atom. The average molecular weight is 454 g/mol. The van der Waals surface area contributed by atoms with E-state index in [4.69, 9.17) is 5.73 Å². The van der Waals surface area contributed by atoms with Crippen LogP contribution in [0.5, 0.6) is 0 Å². The summed E-state index contributed by atoms with van der Waals surface area (Å²) in [5.41, 5.74) is 8.07. The molecule has 3 atom stereocenters. The molecule has 2 aliphatic rings. The van der Waals surface area contributed by atoms with E-state index >= 15 is 0 Å². The number of carbonyl (C=O) groups excluding carboxylic acids is 2. The molecule has 0 bridgehead atoms. The van der Waals surface area contributed by atoms with Gasteiger partial charge < -0.3 is 16.0 Å². The molecule has 180 valence electrons. The van der Waals surface area contributed by atoms with Crippen LogP contribution >= 0.6 is 0 Å². The standard InChI is InChI=1S/C26H39N5O2/c1-18-9-10-19(13-26(18,2)3)15-28-25(33)22-7-4-8-23-29-21(17-31(22)23)12-24(32)30-11-5-6-20(14-27)16-30/h4,7-8,17-20H,5-6,9-16,27H2,1-3H3,(H,28,33)/t18?,19-,20?/m1/s1. The summed E-state index contributed by atoms with van der Waals surface area (Å²) in [4.78, 5) is 32.4. The maximum atomic E-state index is 13.0. The van der Waals surface area contributed by atoms with E-state index in [-0.39, 0.29) is 18.2 Å². The van der Waals surface area contributed by atoms with Gasteiger partial charge in [0.2, 0.25) is 5.91 Å². The zero-order valence-corrected chi connectivity index (χ0v) is 20.3. The highest BCUT2D eigenvalue weighted by atomic mass is 16.2. The first-order valence-electron chi connectivity index (χ1n) is 12.5. The Hall–Kier alpha value is -2.41. The Kier molecular flexibility index (Phi) is 7.07. The molecule has 2 aromatic heterocycles. The molecule has 1 saturated carbocycles. The van der Waals surface area contributed by atoms with Gasteiger partial charge in [0.25, 0.3) is 5.91 Å². The number of likely N-dealkylation sites (tertiary alicyclic amines) is 1. The molecule has 2 amide bonds. The number of piperidine rings is 1. The number of pyridine rings is 1. The van der Waals surface area contributed by atoms with E-state index in [0.29, 0.717) is 47.4 Å². The molecule has 4 rings (SSSR count). The summed E-state index contributed by atoms with van der Waals surface area (Å²) < 4.78 is 1.81. The minimum Gasteiger partial charge on any atom is -0.350 e. The van der Waals surface area contributed by atoms with Crippen LogP contribution in [-0.2, 0) is 11.2 Å². The maximum absolute atomic E-state index is 13.0. The minimum absolute atomic E-state index is 0.0803. The third-order valence-electron chi connectivity index (χ3n) is 8.02. The van der Waals surface area contributed by atoms with Crippen LogP contribution in [0.25, 0.3) is 5.65 Å². The molecule has 1 saturated heterocycles. The van der Waals surface area contributed by atoms with Crippen molar-refractivity contribution in [2.45, 2.75) is 59.3 Å². The molecule has 2 aromatic rings. The molecule has 33 heavy (non-hydrogen) atoms. The lowest BCUT2D eigenvalue weighted by molar-refractivity contribution is -0.132. The highest BCUT2D eigenvalue weighted by Crippen LogP contribution is 2.42. The molecule has 0 spiro atoms. The molecule has 0 aromatic carbocycles. The van der Waals surface area contributed by atoms with Crippen molar-refractivity contribution in [1.29, 1.82) is 0 Å². The van der Waals surface area contributed by atoms with Gasteiger partial charge in [-0.15, -0.1) is 0 Å². The van der Waals surface area contributed by atoms with Gasteiger partial charge in [-0.25, -0.2) is 4.98 Å². The molecule has 3 N–H and O–H groups in total. The number of hydrogen-bond donors (Lipinski definition) is 2. The highest BCUT2D eigenvalue weighted by Gasteiger charge is 2.34. The van der Waals surface area contributed by atoms with Gasteiger partial charge in [0, 0.05) is 25.8 Å². The average Bonchev–Trinajstić information content (AvgIpc) is 3.22. The number of amides is 2. The molecule has 7 nitrogen and oxygen atoms in total. The third-order valence-corrected chi connectivity index (χ3v) is 8.02. The zero-order valence-electron chi connectivity index (χ0n) is 20.3. The third kappa shape index (κ3) is 5.40. The first kappa shape index (κ1) is 23.7. The summed E-state index contributed by atoms with van der Waals surface area (Å²) in [5.74, 6) is 1.61. The highest BCUT2D eigenvalue weighted by molar-refractivity contribution is 5.93. The van der Waals surface area contributed by atoms with Gasteiger partial charge >= 0.3 is 0 Å². The molecule has 3 heterocycles.